The molecule has 2 aromatic heterocycles. The Hall–Kier alpha value is -1.67. The van der Waals surface area contributed by atoms with Gasteiger partial charge in [0.15, 0.2) is 0 Å². The first-order valence-corrected chi connectivity index (χ1v) is 6.79. The number of carboxylic acid groups (broad SMARTS) is 1. The minimum absolute atomic E-state index is 0.0339. The van der Waals surface area contributed by atoms with Crippen LogP contribution in [0, 0.1) is 6.92 Å². The summed E-state index contributed by atoms with van der Waals surface area (Å²) in [6, 6.07) is 1.66. The first kappa shape index (κ1) is 13.8. The van der Waals surface area contributed by atoms with Crippen molar-refractivity contribution in [1.29, 1.82) is 0 Å². The zero-order valence-electron chi connectivity index (χ0n) is 10.1. The van der Waals surface area contributed by atoms with Crippen molar-refractivity contribution in [3.8, 4) is 0 Å². The number of nitrogens with zero attached hydrogens (tertiary/aromatic N) is 2. The van der Waals surface area contributed by atoms with Crippen LogP contribution in [0.3, 0.4) is 0 Å². The van der Waals surface area contributed by atoms with E-state index in [2.05, 4.69) is 25.6 Å². The van der Waals surface area contributed by atoms with Gasteiger partial charge in [-0.1, -0.05) is 0 Å². The number of amides is 1. The van der Waals surface area contributed by atoms with Crippen molar-refractivity contribution < 1.29 is 14.7 Å². The lowest BCUT2D eigenvalue weighted by Gasteiger charge is -2.04. The zero-order valence-corrected chi connectivity index (χ0v) is 12.5. The molecular weight excluding hydrogens is 334 g/mol. The van der Waals surface area contributed by atoms with E-state index in [1.165, 1.54) is 0 Å². The lowest BCUT2D eigenvalue weighted by molar-refractivity contribution is 0.0697. The molecule has 0 bridgehead atoms. The number of halogens is 1. The predicted molar refractivity (Wildman–Crippen MR) is 74.9 cm³/mol. The first-order chi connectivity index (χ1) is 8.90. The van der Waals surface area contributed by atoms with Gasteiger partial charge in [0.2, 0.25) is 0 Å². The molecule has 0 radical (unpaired) electrons. The van der Waals surface area contributed by atoms with Gasteiger partial charge in [0.1, 0.15) is 16.3 Å². The van der Waals surface area contributed by atoms with Crippen molar-refractivity contribution in [3.63, 3.8) is 0 Å². The summed E-state index contributed by atoms with van der Waals surface area (Å²) in [5.41, 5.74) is 0.849. The average Bonchev–Trinajstić information content (AvgIpc) is 2.82. The quantitative estimate of drug-likeness (QED) is 0.896. The summed E-state index contributed by atoms with van der Waals surface area (Å²) >= 11 is 4.23. The highest BCUT2D eigenvalue weighted by atomic mass is 79.9. The Morgan fingerprint density at radius 3 is 2.74 bits per heavy atom. The van der Waals surface area contributed by atoms with Crippen LogP contribution in [0.1, 0.15) is 26.5 Å². The van der Waals surface area contributed by atoms with E-state index in [1.807, 2.05) is 0 Å². The lowest BCUT2D eigenvalue weighted by atomic mass is 10.2. The zero-order chi connectivity index (χ0) is 14.2. The van der Waals surface area contributed by atoms with E-state index in [0.717, 1.165) is 16.0 Å². The fraction of sp³-hybridized carbons (Fsp3) is 0.182. The number of anilines is 1. The highest BCUT2D eigenvalue weighted by molar-refractivity contribution is 9.10. The summed E-state index contributed by atoms with van der Waals surface area (Å²) in [6.07, 6.45) is 1.74. The second-order valence-electron chi connectivity index (χ2n) is 3.89. The molecule has 0 aromatic carbocycles. The van der Waals surface area contributed by atoms with Crippen LogP contribution < -0.4 is 5.32 Å². The van der Waals surface area contributed by atoms with Crippen LogP contribution >= 0.6 is 27.5 Å². The molecule has 0 fully saturated rings. The molecule has 6 nitrogen and oxygen atoms in total. The van der Waals surface area contributed by atoms with Crippen LogP contribution in [-0.2, 0) is 7.05 Å². The maximum atomic E-state index is 12.1. The summed E-state index contributed by atoms with van der Waals surface area (Å²) < 4.78 is 6.37. The smallest absolute Gasteiger partial charge is 0.340 e. The molecule has 0 unspecified atom stereocenters. The van der Waals surface area contributed by atoms with Crippen LogP contribution in [0.15, 0.2) is 16.7 Å². The number of aryl methyl sites for hydroxylation is 2. The Labute approximate surface area is 121 Å². The molecule has 0 saturated heterocycles. The SMILES string of the molecule is Cc1nsc(NC(=O)c2cc(Br)cn2C)c1C(=O)O. The van der Waals surface area contributed by atoms with Crippen LogP contribution in [0.2, 0.25) is 0 Å². The minimum atomic E-state index is -1.10. The molecule has 0 saturated carbocycles. The number of rotatable bonds is 3. The Kier molecular flexibility index (Phi) is 3.72. The largest absolute Gasteiger partial charge is 0.478 e. The number of hydrogen-bond donors (Lipinski definition) is 2. The molecule has 2 N–H and O–H groups in total. The van der Waals surface area contributed by atoms with E-state index < -0.39 is 5.97 Å². The van der Waals surface area contributed by atoms with Crippen LogP contribution in [0.5, 0.6) is 0 Å². The third kappa shape index (κ3) is 2.69. The maximum Gasteiger partial charge on any atom is 0.340 e. The van der Waals surface area contributed by atoms with Crippen molar-refractivity contribution >= 4 is 44.3 Å². The molecule has 0 atom stereocenters. The maximum absolute atomic E-state index is 12.1. The number of aromatic nitrogens is 2. The van der Waals surface area contributed by atoms with Gasteiger partial charge in [0.05, 0.1) is 5.69 Å². The minimum Gasteiger partial charge on any atom is -0.478 e. The van der Waals surface area contributed by atoms with Crippen molar-refractivity contribution in [2.45, 2.75) is 6.92 Å². The standard InChI is InChI=1S/C11H10BrN3O3S/c1-5-8(11(17)18)10(19-14-5)13-9(16)7-3-6(12)4-15(7)2/h3-4H,1-2H3,(H,13,16)(H,17,18). The third-order valence-corrected chi connectivity index (χ3v) is 3.80. The van der Waals surface area contributed by atoms with Gasteiger partial charge in [-0.15, -0.1) is 0 Å². The molecule has 0 spiro atoms. The van der Waals surface area contributed by atoms with Gasteiger partial charge in [0, 0.05) is 17.7 Å². The fourth-order valence-electron chi connectivity index (χ4n) is 1.62. The van der Waals surface area contributed by atoms with Crippen molar-refractivity contribution in [1.82, 2.24) is 8.94 Å². The number of hydrogen-bond acceptors (Lipinski definition) is 4. The van der Waals surface area contributed by atoms with Crippen LogP contribution in [0.25, 0.3) is 0 Å². The summed E-state index contributed by atoms with van der Waals surface area (Å²) in [6.45, 7) is 1.59. The van der Waals surface area contributed by atoms with Crippen LogP contribution in [-0.4, -0.2) is 25.9 Å². The molecular formula is C11H10BrN3O3S. The van der Waals surface area contributed by atoms with Gasteiger partial charge in [-0.05, 0) is 40.5 Å². The van der Waals surface area contributed by atoms with E-state index in [1.54, 1.807) is 30.8 Å². The van der Waals surface area contributed by atoms with Gasteiger partial charge in [-0.25, -0.2) is 4.79 Å². The predicted octanol–water partition coefficient (Wildman–Crippen LogP) is 2.50. The fourth-order valence-corrected chi connectivity index (χ4v) is 2.93. The first-order valence-electron chi connectivity index (χ1n) is 5.23. The number of carboxylic acids is 1. The van der Waals surface area contributed by atoms with Gasteiger partial charge < -0.3 is 15.0 Å². The van der Waals surface area contributed by atoms with Gasteiger partial charge >= 0.3 is 5.97 Å². The van der Waals surface area contributed by atoms with Crippen molar-refractivity contribution in [2.75, 3.05) is 5.32 Å². The Morgan fingerprint density at radius 1 is 1.53 bits per heavy atom. The number of nitrogens with one attached hydrogen (secondary N) is 1. The lowest BCUT2D eigenvalue weighted by Crippen LogP contribution is -2.16. The molecule has 19 heavy (non-hydrogen) atoms. The second-order valence-corrected chi connectivity index (χ2v) is 5.57. The average molecular weight is 344 g/mol. The second kappa shape index (κ2) is 5.14. The van der Waals surface area contributed by atoms with Gasteiger partial charge in [0.25, 0.3) is 5.91 Å². The number of carbonyl (C=O) groups excluding carboxylic acids is 1. The normalized spacial score (nSPS) is 10.5. The molecule has 2 rings (SSSR count). The molecule has 1 amide bonds. The highest BCUT2D eigenvalue weighted by Crippen LogP contribution is 2.25. The molecule has 0 aliphatic rings. The summed E-state index contributed by atoms with van der Waals surface area (Å²) in [4.78, 5) is 23.2. The van der Waals surface area contributed by atoms with Gasteiger partial charge in [-0.3, -0.25) is 4.79 Å². The van der Waals surface area contributed by atoms with Crippen molar-refractivity contribution in [3.05, 3.63) is 33.7 Å². The van der Waals surface area contributed by atoms with Crippen LogP contribution in [0.4, 0.5) is 5.00 Å². The van der Waals surface area contributed by atoms with E-state index in [0.29, 0.717) is 11.4 Å². The van der Waals surface area contributed by atoms with E-state index >= 15 is 0 Å². The summed E-state index contributed by atoms with van der Waals surface area (Å²) in [5, 5.41) is 11.9. The molecule has 2 aromatic rings. The molecule has 0 aliphatic carbocycles. The van der Waals surface area contributed by atoms with E-state index in [-0.39, 0.29) is 16.5 Å². The molecule has 8 heteroatoms. The van der Waals surface area contributed by atoms with Crippen molar-refractivity contribution in [2.24, 2.45) is 7.05 Å². The van der Waals surface area contributed by atoms with E-state index in [4.69, 9.17) is 5.11 Å². The Morgan fingerprint density at radius 2 is 2.21 bits per heavy atom. The Balaban J connectivity index is 2.29. The summed E-state index contributed by atoms with van der Waals surface area (Å²) in [5.74, 6) is -1.48. The number of aromatic carboxylic acids is 1. The van der Waals surface area contributed by atoms with Gasteiger partial charge in [-0.2, -0.15) is 4.37 Å². The Bertz CT molecular complexity index is 662. The molecule has 0 aliphatic heterocycles. The number of carbonyl (C=O) groups is 2. The topological polar surface area (TPSA) is 84.2 Å². The van der Waals surface area contributed by atoms with E-state index in [9.17, 15) is 9.59 Å². The summed E-state index contributed by atoms with van der Waals surface area (Å²) in [7, 11) is 1.73. The monoisotopic (exact) mass is 343 g/mol. The molecule has 100 valence electrons. The molecule has 2 heterocycles. The highest BCUT2D eigenvalue weighted by Gasteiger charge is 2.20. The third-order valence-electron chi connectivity index (χ3n) is 2.51.